The minimum atomic E-state index is -0.0649. The lowest BCUT2D eigenvalue weighted by atomic mass is 10.00. The standard InChI is InChI=1S/C13H15Cl2IN4/c1-7-9(13(15)20(2)19-7)6-12(18-17)8-3-4-11(16)10(14)5-8/h3-5,12,18H,6,17H2,1-2H3. The Labute approximate surface area is 141 Å². The monoisotopic (exact) mass is 424 g/mol. The van der Waals surface area contributed by atoms with Gasteiger partial charge in [-0.05, 0) is 53.6 Å². The summed E-state index contributed by atoms with van der Waals surface area (Å²) in [6, 6.07) is 5.84. The first-order valence-electron chi connectivity index (χ1n) is 6.03. The van der Waals surface area contributed by atoms with E-state index in [2.05, 4.69) is 33.1 Å². The van der Waals surface area contributed by atoms with Gasteiger partial charge in [0.1, 0.15) is 5.15 Å². The molecule has 0 fully saturated rings. The van der Waals surface area contributed by atoms with Crippen molar-refractivity contribution < 1.29 is 0 Å². The molecule has 1 heterocycles. The predicted molar refractivity (Wildman–Crippen MR) is 90.9 cm³/mol. The Balaban J connectivity index is 2.31. The number of nitrogens with two attached hydrogens (primary N) is 1. The summed E-state index contributed by atoms with van der Waals surface area (Å²) in [5.41, 5.74) is 5.75. The summed E-state index contributed by atoms with van der Waals surface area (Å²) in [5, 5.41) is 5.67. The number of halogens is 3. The minimum absolute atomic E-state index is 0.0649. The van der Waals surface area contributed by atoms with Crippen LogP contribution in [-0.2, 0) is 13.5 Å². The molecule has 2 rings (SSSR count). The van der Waals surface area contributed by atoms with Gasteiger partial charge in [-0.25, -0.2) is 0 Å². The molecule has 0 spiro atoms. The summed E-state index contributed by atoms with van der Waals surface area (Å²) in [6.45, 7) is 1.94. The number of aryl methyl sites for hydroxylation is 2. The van der Waals surface area contributed by atoms with Crippen molar-refractivity contribution in [1.29, 1.82) is 0 Å². The van der Waals surface area contributed by atoms with Crippen LogP contribution in [0.4, 0.5) is 0 Å². The van der Waals surface area contributed by atoms with E-state index in [1.54, 1.807) is 4.68 Å². The van der Waals surface area contributed by atoms with Crippen LogP contribution in [0.15, 0.2) is 18.2 Å². The molecule has 2 aromatic rings. The van der Waals surface area contributed by atoms with E-state index in [4.69, 9.17) is 29.0 Å². The Morgan fingerprint density at radius 2 is 2.15 bits per heavy atom. The van der Waals surface area contributed by atoms with Gasteiger partial charge in [0.15, 0.2) is 0 Å². The van der Waals surface area contributed by atoms with Crippen LogP contribution in [0.25, 0.3) is 0 Å². The minimum Gasteiger partial charge on any atom is -0.271 e. The highest BCUT2D eigenvalue weighted by atomic mass is 127. The Hall–Kier alpha value is -0.340. The van der Waals surface area contributed by atoms with Crippen LogP contribution in [0.3, 0.4) is 0 Å². The fraction of sp³-hybridized carbons (Fsp3) is 0.308. The molecule has 0 saturated heterocycles. The molecule has 1 aromatic heterocycles. The summed E-state index contributed by atoms with van der Waals surface area (Å²) in [7, 11) is 1.82. The highest BCUT2D eigenvalue weighted by Gasteiger charge is 2.18. The molecule has 0 saturated carbocycles. The van der Waals surface area contributed by atoms with Gasteiger partial charge < -0.3 is 0 Å². The molecule has 0 aliphatic rings. The Morgan fingerprint density at radius 3 is 2.65 bits per heavy atom. The molecule has 0 radical (unpaired) electrons. The third-order valence-corrected chi connectivity index (χ3v) is 5.27. The number of nitrogens with one attached hydrogen (secondary N) is 1. The molecule has 0 aliphatic heterocycles. The van der Waals surface area contributed by atoms with Gasteiger partial charge in [0.05, 0.1) is 16.8 Å². The molecule has 1 unspecified atom stereocenters. The largest absolute Gasteiger partial charge is 0.271 e. The molecule has 3 N–H and O–H groups in total. The first-order chi connectivity index (χ1) is 9.43. The zero-order valence-electron chi connectivity index (χ0n) is 11.1. The van der Waals surface area contributed by atoms with Crippen LogP contribution in [0.2, 0.25) is 10.2 Å². The van der Waals surface area contributed by atoms with E-state index in [0.717, 1.165) is 25.4 Å². The number of hydrazine groups is 1. The van der Waals surface area contributed by atoms with Gasteiger partial charge in [-0.15, -0.1) is 0 Å². The smallest absolute Gasteiger partial charge is 0.130 e. The lowest BCUT2D eigenvalue weighted by molar-refractivity contribution is 0.551. The normalized spacial score (nSPS) is 12.7. The Kier molecular flexibility index (Phi) is 5.30. The second kappa shape index (κ2) is 6.62. The zero-order chi connectivity index (χ0) is 14.9. The van der Waals surface area contributed by atoms with Crippen molar-refractivity contribution in [3.63, 3.8) is 0 Å². The van der Waals surface area contributed by atoms with Crippen LogP contribution in [-0.4, -0.2) is 9.78 Å². The average molecular weight is 425 g/mol. The molecule has 0 amide bonds. The maximum atomic E-state index is 6.26. The lowest BCUT2D eigenvalue weighted by Gasteiger charge is -2.17. The number of hydrogen-bond acceptors (Lipinski definition) is 3. The fourth-order valence-corrected chi connectivity index (χ4v) is 2.89. The van der Waals surface area contributed by atoms with Crippen molar-refractivity contribution in [1.82, 2.24) is 15.2 Å². The number of hydrogen-bond donors (Lipinski definition) is 2. The van der Waals surface area contributed by atoms with Gasteiger partial charge in [0.25, 0.3) is 0 Å². The van der Waals surface area contributed by atoms with Gasteiger partial charge in [-0.2, -0.15) is 5.10 Å². The van der Waals surface area contributed by atoms with E-state index in [1.165, 1.54) is 0 Å². The molecule has 0 bridgehead atoms. The maximum Gasteiger partial charge on any atom is 0.130 e. The van der Waals surface area contributed by atoms with Crippen LogP contribution >= 0.6 is 45.8 Å². The number of rotatable bonds is 4. The van der Waals surface area contributed by atoms with E-state index < -0.39 is 0 Å². The predicted octanol–water partition coefficient (Wildman–Crippen LogP) is 3.39. The summed E-state index contributed by atoms with van der Waals surface area (Å²) >= 11 is 14.6. The van der Waals surface area contributed by atoms with Crippen LogP contribution in [0.5, 0.6) is 0 Å². The SMILES string of the molecule is Cc1nn(C)c(Cl)c1CC(NN)c1ccc(I)c(Cl)c1. The molecule has 4 nitrogen and oxygen atoms in total. The summed E-state index contributed by atoms with van der Waals surface area (Å²) in [6.07, 6.45) is 0.659. The third kappa shape index (κ3) is 3.28. The lowest BCUT2D eigenvalue weighted by Crippen LogP contribution is -2.29. The second-order valence-corrected chi connectivity index (χ2v) is 6.50. The van der Waals surface area contributed by atoms with Crippen molar-refractivity contribution in [2.75, 3.05) is 0 Å². The number of benzene rings is 1. The topological polar surface area (TPSA) is 55.9 Å². The van der Waals surface area contributed by atoms with Crippen LogP contribution in [0, 0.1) is 10.5 Å². The van der Waals surface area contributed by atoms with E-state index in [-0.39, 0.29) is 6.04 Å². The van der Waals surface area contributed by atoms with Crippen molar-refractivity contribution in [3.05, 3.63) is 48.8 Å². The van der Waals surface area contributed by atoms with E-state index in [9.17, 15) is 0 Å². The number of nitrogens with zero attached hydrogens (tertiary/aromatic N) is 2. The second-order valence-electron chi connectivity index (χ2n) is 4.58. The maximum absolute atomic E-state index is 6.26. The summed E-state index contributed by atoms with van der Waals surface area (Å²) in [5.74, 6) is 5.68. The molecular weight excluding hydrogens is 410 g/mol. The highest BCUT2D eigenvalue weighted by Crippen LogP contribution is 2.28. The van der Waals surface area contributed by atoms with E-state index >= 15 is 0 Å². The van der Waals surface area contributed by atoms with Crippen molar-refractivity contribution in [3.8, 4) is 0 Å². The van der Waals surface area contributed by atoms with E-state index in [1.807, 2.05) is 32.2 Å². The Morgan fingerprint density at radius 1 is 1.45 bits per heavy atom. The molecule has 20 heavy (non-hydrogen) atoms. The van der Waals surface area contributed by atoms with Gasteiger partial charge in [0.2, 0.25) is 0 Å². The molecular formula is C13H15Cl2IN4. The Bertz CT molecular complexity index is 627. The fourth-order valence-electron chi connectivity index (χ4n) is 2.11. The summed E-state index contributed by atoms with van der Waals surface area (Å²) in [4.78, 5) is 0. The average Bonchev–Trinajstić information content (AvgIpc) is 2.65. The molecule has 1 aromatic carbocycles. The molecule has 1 atom stereocenters. The van der Waals surface area contributed by atoms with Crippen LogP contribution in [0.1, 0.15) is 22.9 Å². The van der Waals surface area contributed by atoms with Crippen molar-refractivity contribution in [2.24, 2.45) is 12.9 Å². The van der Waals surface area contributed by atoms with Crippen LogP contribution < -0.4 is 11.3 Å². The molecule has 0 aliphatic carbocycles. The van der Waals surface area contributed by atoms with Gasteiger partial charge >= 0.3 is 0 Å². The third-order valence-electron chi connectivity index (χ3n) is 3.23. The summed E-state index contributed by atoms with van der Waals surface area (Å²) < 4.78 is 2.68. The highest BCUT2D eigenvalue weighted by molar-refractivity contribution is 14.1. The zero-order valence-corrected chi connectivity index (χ0v) is 14.8. The van der Waals surface area contributed by atoms with Crippen molar-refractivity contribution in [2.45, 2.75) is 19.4 Å². The molecule has 108 valence electrons. The van der Waals surface area contributed by atoms with E-state index in [0.29, 0.717) is 11.6 Å². The van der Waals surface area contributed by atoms with Gasteiger partial charge in [-0.1, -0.05) is 29.3 Å². The molecule has 7 heteroatoms. The number of aromatic nitrogens is 2. The quantitative estimate of drug-likeness (QED) is 0.449. The van der Waals surface area contributed by atoms with Crippen molar-refractivity contribution >= 4 is 45.8 Å². The first kappa shape index (κ1) is 16.0. The van der Waals surface area contributed by atoms with Gasteiger partial charge in [0, 0.05) is 16.2 Å². The first-order valence-corrected chi connectivity index (χ1v) is 7.86. The van der Waals surface area contributed by atoms with Gasteiger partial charge in [-0.3, -0.25) is 16.0 Å².